The van der Waals surface area contributed by atoms with Crippen molar-refractivity contribution in [3.63, 3.8) is 0 Å². The normalized spacial score (nSPS) is 12.1. The molecule has 0 atom stereocenters. The Bertz CT molecular complexity index is 1360. The number of nitrogens with zero attached hydrogens (tertiary/aromatic N) is 4. The average molecular weight is 456 g/mol. The molecule has 0 saturated carbocycles. The quantitative estimate of drug-likeness (QED) is 0.426. The van der Waals surface area contributed by atoms with Crippen molar-refractivity contribution in [2.45, 2.75) is 26.2 Å². The Balaban J connectivity index is 1.52. The van der Waals surface area contributed by atoms with Gasteiger partial charge < -0.3 is 15.2 Å². The van der Waals surface area contributed by atoms with Crippen molar-refractivity contribution >= 4 is 17.6 Å². The van der Waals surface area contributed by atoms with E-state index in [9.17, 15) is 9.90 Å². The highest BCUT2D eigenvalue weighted by molar-refractivity contribution is 5.89. The molecular formula is C26H25N5O3. The first kappa shape index (κ1) is 21.6. The third kappa shape index (κ3) is 4.10. The second-order valence-electron chi connectivity index (χ2n) is 8.20. The summed E-state index contributed by atoms with van der Waals surface area (Å²) >= 11 is 0. The fraction of sp³-hybridized carbons (Fsp3) is 0.231. The fourth-order valence-corrected chi connectivity index (χ4v) is 4.33. The van der Waals surface area contributed by atoms with Crippen LogP contribution in [0, 0.1) is 0 Å². The van der Waals surface area contributed by atoms with E-state index >= 15 is 0 Å². The molecule has 0 unspecified atom stereocenters. The lowest BCUT2D eigenvalue weighted by molar-refractivity contribution is 0.0696. The van der Waals surface area contributed by atoms with Gasteiger partial charge in [-0.25, -0.2) is 14.8 Å². The highest BCUT2D eigenvalue weighted by Crippen LogP contribution is 2.36. The number of ether oxygens (including phenoxy) is 1. The van der Waals surface area contributed by atoms with E-state index in [2.05, 4.69) is 22.4 Å². The maximum Gasteiger partial charge on any atom is 0.335 e. The van der Waals surface area contributed by atoms with Gasteiger partial charge in [-0.3, -0.25) is 4.68 Å². The number of carboxylic acids is 1. The molecule has 5 rings (SSSR count). The molecule has 0 spiro atoms. The lowest BCUT2D eigenvalue weighted by Crippen LogP contribution is -2.10. The third-order valence-electron chi connectivity index (χ3n) is 5.96. The van der Waals surface area contributed by atoms with Crippen LogP contribution in [-0.4, -0.2) is 37.4 Å². The summed E-state index contributed by atoms with van der Waals surface area (Å²) in [6.45, 7) is 2.26. The molecule has 1 aliphatic rings. The molecule has 1 aliphatic carbocycles. The van der Waals surface area contributed by atoms with Gasteiger partial charge in [-0.05, 0) is 49.1 Å². The van der Waals surface area contributed by atoms with E-state index in [1.807, 2.05) is 43.0 Å². The number of benzene rings is 2. The number of aryl methyl sites for hydroxylation is 3. The SMILES string of the molecule is CCOc1cc(C(=O)O)ccc1Nc1ncc2c(n1)-c1c(nn(C)c1Cc1ccccc1)CC2. The minimum atomic E-state index is -1.01. The van der Waals surface area contributed by atoms with Crippen molar-refractivity contribution in [1.82, 2.24) is 19.7 Å². The fourth-order valence-electron chi connectivity index (χ4n) is 4.33. The molecule has 0 aliphatic heterocycles. The van der Waals surface area contributed by atoms with Gasteiger partial charge in [0.1, 0.15) is 5.75 Å². The number of carboxylic acid groups (broad SMARTS) is 1. The molecule has 0 bridgehead atoms. The van der Waals surface area contributed by atoms with E-state index < -0.39 is 5.97 Å². The molecule has 2 N–H and O–H groups in total. The van der Waals surface area contributed by atoms with Crippen molar-refractivity contribution < 1.29 is 14.6 Å². The standard InChI is InChI=1S/C26H25N5O3/c1-3-34-22-14-17(25(32)33)9-11-19(22)28-26-27-15-18-10-12-20-23(24(18)29-26)21(31(2)30-20)13-16-7-5-4-6-8-16/h4-9,11,14-15H,3,10,12-13H2,1-2H3,(H,32,33)(H,27,28,29). The Labute approximate surface area is 197 Å². The van der Waals surface area contributed by atoms with Crippen molar-refractivity contribution in [2.75, 3.05) is 11.9 Å². The van der Waals surface area contributed by atoms with Gasteiger partial charge in [0.15, 0.2) is 0 Å². The van der Waals surface area contributed by atoms with Crippen molar-refractivity contribution in [3.05, 3.63) is 82.8 Å². The van der Waals surface area contributed by atoms with Crippen molar-refractivity contribution in [3.8, 4) is 17.0 Å². The first-order valence-electron chi connectivity index (χ1n) is 11.3. The molecule has 0 amide bonds. The second-order valence-corrected chi connectivity index (χ2v) is 8.20. The summed E-state index contributed by atoms with van der Waals surface area (Å²) in [5, 5.41) is 17.3. The average Bonchev–Trinajstić information content (AvgIpc) is 3.16. The number of fused-ring (bicyclic) bond motifs is 3. The summed E-state index contributed by atoms with van der Waals surface area (Å²) in [6.07, 6.45) is 4.31. The van der Waals surface area contributed by atoms with Gasteiger partial charge in [-0.1, -0.05) is 30.3 Å². The summed E-state index contributed by atoms with van der Waals surface area (Å²) in [7, 11) is 1.98. The molecule has 172 valence electrons. The predicted octanol–water partition coefficient (Wildman–Crippen LogP) is 4.41. The number of rotatable bonds is 7. The van der Waals surface area contributed by atoms with E-state index in [0.717, 1.165) is 47.5 Å². The minimum Gasteiger partial charge on any atom is -0.492 e. The van der Waals surface area contributed by atoms with Crippen LogP contribution in [0.1, 0.15) is 39.8 Å². The van der Waals surface area contributed by atoms with E-state index in [4.69, 9.17) is 14.8 Å². The van der Waals surface area contributed by atoms with E-state index in [1.165, 1.54) is 17.7 Å². The first-order valence-corrected chi connectivity index (χ1v) is 11.3. The highest BCUT2D eigenvalue weighted by Gasteiger charge is 2.26. The van der Waals surface area contributed by atoms with Gasteiger partial charge in [0.2, 0.25) is 5.95 Å². The van der Waals surface area contributed by atoms with E-state index in [-0.39, 0.29) is 5.56 Å². The highest BCUT2D eigenvalue weighted by atomic mass is 16.5. The van der Waals surface area contributed by atoms with Crippen LogP contribution in [0.25, 0.3) is 11.3 Å². The van der Waals surface area contributed by atoms with Gasteiger partial charge in [-0.15, -0.1) is 0 Å². The van der Waals surface area contributed by atoms with Crippen LogP contribution in [0.15, 0.2) is 54.7 Å². The topological polar surface area (TPSA) is 102 Å². The summed E-state index contributed by atoms with van der Waals surface area (Å²) < 4.78 is 7.62. The van der Waals surface area contributed by atoms with Gasteiger partial charge >= 0.3 is 5.97 Å². The molecule has 4 aromatic rings. The van der Waals surface area contributed by atoms with Crippen LogP contribution in [0.2, 0.25) is 0 Å². The summed E-state index contributed by atoms with van der Waals surface area (Å²) in [5.74, 6) is -0.145. The second kappa shape index (κ2) is 8.97. The van der Waals surface area contributed by atoms with Gasteiger partial charge in [-0.2, -0.15) is 5.10 Å². The Morgan fingerprint density at radius 2 is 2.00 bits per heavy atom. The van der Waals surface area contributed by atoms with Crippen molar-refractivity contribution in [1.29, 1.82) is 0 Å². The number of aromatic nitrogens is 4. The van der Waals surface area contributed by atoms with Crippen LogP contribution in [0.4, 0.5) is 11.6 Å². The Hall–Kier alpha value is -4.20. The van der Waals surface area contributed by atoms with E-state index in [1.54, 1.807) is 6.07 Å². The lowest BCUT2D eigenvalue weighted by atomic mass is 9.91. The lowest BCUT2D eigenvalue weighted by Gasteiger charge is -2.18. The van der Waals surface area contributed by atoms with E-state index in [0.29, 0.717) is 24.0 Å². The summed E-state index contributed by atoms with van der Waals surface area (Å²) in [6, 6.07) is 15.0. The molecule has 34 heavy (non-hydrogen) atoms. The number of carbonyl (C=O) groups is 1. The van der Waals surface area contributed by atoms with Crippen LogP contribution in [0.5, 0.6) is 5.75 Å². The molecule has 0 radical (unpaired) electrons. The zero-order chi connectivity index (χ0) is 23.7. The zero-order valence-corrected chi connectivity index (χ0v) is 19.1. The smallest absolute Gasteiger partial charge is 0.335 e. The zero-order valence-electron chi connectivity index (χ0n) is 19.1. The predicted molar refractivity (Wildman–Crippen MR) is 129 cm³/mol. The number of anilines is 2. The monoisotopic (exact) mass is 455 g/mol. The van der Waals surface area contributed by atoms with Gasteiger partial charge in [0, 0.05) is 25.2 Å². The Morgan fingerprint density at radius 3 is 2.76 bits per heavy atom. The molecule has 8 nitrogen and oxygen atoms in total. The summed E-state index contributed by atoms with van der Waals surface area (Å²) in [4.78, 5) is 20.8. The molecule has 0 fully saturated rings. The maximum absolute atomic E-state index is 11.4. The minimum absolute atomic E-state index is 0.158. The summed E-state index contributed by atoms with van der Waals surface area (Å²) in [5.41, 5.74) is 7.20. The first-order chi connectivity index (χ1) is 16.5. The molecule has 2 aromatic heterocycles. The van der Waals surface area contributed by atoms with Gasteiger partial charge in [0.25, 0.3) is 0 Å². The number of hydrogen-bond acceptors (Lipinski definition) is 6. The number of aromatic carboxylic acids is 1. The maximum atomic E-state index is 11.4. The molecule has 2 heterocycles. The molecule has 8 heteroatoms. The number of hydrogen-bond donors (Lipinski definition) is 2. The Kier molecular flexibility index (Phi) is 5.71. The molecular weight excluding hydrogens is 430 g/mol. The third-order valence-corrected chi connectivity index (χ3v) is 5.96. The van der Waals surface area contributed by atoms with Crippen molar-refractivity contribution in [2.24, 2.45) is 7.05 Å². The molecule has 0 saturated heterocycles. The molecule has 2 aromatic carbocycles. The largest absolute Gasteiger partial charge is 0.492 e. The van der Waals surface area contributed by atoms with Gasteiger partial charge in [0.05, 0.1) is 34.9 Å². The van der Waals surface area contributed by atoms with Crippen LogP contribution in [0.3, 0.4) is 0 Å². The Morgan fingerprint density at radius 1 is 1.18 bits per heavy atom. The van der Waals surface area contributed by atoms with Crippen LogP contribution in [-0.2, 0) is 26.3 Å². The van der Waals surface area contributed by atoms with Crippen LogP contribution < -0.4 is 10.1 Å². The van der Waals surface area contributed by atoms with Crippen LogP contribution >= 0.6 is 0 Å². The number of nitrogens with one attached hydrogen (secondary N) is 1.